The molecule has 0 aromatic carbocycles. The van der Waals surface area contributed by atoms with Gasteiger partial charge >= 0.3 is 13.2 Å². The minimum Gasteiger partial charge on any atom is -0.497 e. The predicted octanol–water partition coefficient (Wildman–Crippen LogP) is 1.47. The third-order valence-electron chi connectivity index (χ3n) is 4.11. The Morgan fingerprint density at radius 2 is 2.33 bits per heavy atom. The number of ether oxygens (including phenoxy) is 2. The van der Waals surface area contributed by atoms with Gasteiger partial charge in [0.1, 0.15) is 13.2 Å². The van der Waals surface area contributed by atoms with Gasteiger partial charge < -0.3 is 24.5 Å². The molecule has 6 nitrogen and oxygen atoms in total. The highest BCUT2D eigenvalue weighted by atomic mass is 16.6. The molecule has 0 fully saturated rings. The van der Waals surface area contributed by atoms with Crippen molar-refractivity contribution in [3.63, 3.8) is 0 Å². The highest BCUT2D eigenvalue weighted by Crippen LogP contribution is 2.43. The van der Waals surface area contributed by atoms with Crippen LogP contribution in [0.4, 0.5) is 4.79 Å². The minimum absolute atomic E-state index is 0.0717. The molecule has 2 N–H and O–H groups in total. The second-order valence-electron chi connectivity index (χ2n) is 5.82. The molecule has 7 heteroatoms. The normalized spacial score (nSPS) is 26.4. The number of carbonyl (C=O) groups is 1. The van der Waals surface area contributed by atoms with Crippen LogP contribution in [-0.2, 0) is 18.8 Å². The molecule has 1 atom stereocenters. The summed E-state index contributed by atoms with van der Waals surface area (Å²) in [4.78, 5) is 10.8. The van der Waals surface area contributed by atoms with Gasteiger partial charge in [0.2, 0.25) is 0 Å². The maximum absolute atomic E-state index is 10.8. The summed E-state index contributed by atoms with van der Waals surface area (Å²) >= 11 is 0. The lowest BCUT2D eigenvalue weighted by Crippen LogP contribution is -2.39. The van der Waals surface area contributed by atoms with E-state index in [2.05, 4.69) is 0 Å². The largest absolute Gasteiger partial charge is 0.497 e. The van der Waals surface area contributed by atoms with Gasteiger partial charge in [0.15, 0.2) is 0 Å². The Balaban J connectivity index is 1.99. The standard InChI is InChI=1S/C14H18BNO5/c1-8-9-4-5-18-6-10-12(9)15(21-14(10,2)3)20-11(8)7-19-13(16)17/h4-5,11H,6-7H2,1-3H3,(H2,16,17)/t11-/m1/s1. The van der Waals surface area contributed by atoms with Crippen LogP contribution in [0, 0.1) is 0 Å². The number of allylic oxidation sites excluding steroid dienone is 3. The van der Waals surface area contributed by atoms with Crippen molar-refractivity contribution in [3.8, 4) is 0 Å². The summed E-state index contributed by atoms with van der Waals surface area (Å²) in [6.45, 7) is 6.49. The average Bonchev–Trinajstić information content (AvgIpc) is 2.57. The lowest BCUT2D eigenvalue weighted by Gasteiger charge is -2.29. The van der Waals surface area contributed by atoms with Gasteiger partial charge in [-0.1, -0.05) is 0 Å². The van der Waals surface area contributed by atoms with Crippen molar-refractivity contribution in [1.29, 1.82) is 0 Å². The first-order valence-electron chi connectivity index (χ1n) is 6.88. The van der Waals surface area contributed by atoms with Gasteiger partial charge in [-0.3, -0.25) is 0 Å². The van der Waals surface area contributed by atoms with Crippen LogP contribution < -0.4 is 5.73 Å². The number of rotatable bonds is 2. The van der Waals surface area contributed by atoms with Crippen LogP contribution in [0.25, 0.3) is 0 Å². The van der Waals surface area contributed by atoms with E-state index in [1.807, 2.05) is 26.8 Å². The number of carbonyl (C=O) groups excluding carboxylic acids is 1. The van der Waals surface area contributed by atoms with Crippen LogP contribution in [0.2, 0.25) is 0 Å². The molecule has 0 radical (unpaired) electrons. The summed E-state index contributed by atoms with van der Waals surface area (Å²) in [7, 11) is -0.471. The average molecular weight is 291 g/mol. The summed E-state index contributed by atoms with van der Waals surface area (Å²) < 4.78 is 22.3. The zero-order valence-electron chi connectivity index (χ0n) is 12.3. The monoisotopic (exact) mass is 291 g/mol. The van der Waals surface area contributed by atoms with E-state index < -0.39 is 18.8 Å². The van der Waals surface area contributed by atoms with Gasteiger partial charge in [0.25, 0.3) is 0 Å². The van der Waals surface area contributed by atoms with Crippen LogP contribution >= 0.6 is 0 Å². The molecular formula is C14H18BNO5. The Morgan fingerprint density at radius 1 is 1.57 bits per heavy atom. The molecule has 0 aliphatic carbocycles. The van der Waals surface area contributed by atoms with E-state index in [4.69, 9.17) is 24.5 Å². The van der Waals surface area contributed by atoms with Gasteiger partial charge in [0, 0.05) is 0 Å². The van der Waals surface area contributed by atoms with E-state index in [1.165, 1.54) is 0 Å². The zero-order valence-corrected chi connectivity index (χ0v) is 12.3. The van der Waals surface area contributed by atoms with E-state index in [0.717, 1.165) is 22.2 Å². The molecule has 3 heterocycles. The third-order valence-corrected chi connectivity index (χ3v) is 4.11. The molecule has 3 aliphatic heterocycles. The predicted molar refractivity (Wildman–Crippen MR) is 76.1 cm³/mol. The van der Waals surface area contributed by atoms with Crippen LogP contribution in [0.3, 0.4) is 0 Å². The Labute approximate surface area is 123 Å². The van der Waals surface area contributed by atoms with E-state index >= 15 is 0 Å². The number of amides is 1. The number of primary amides is 1. The molecule has 0 saturated heterocycles. The van der Waals surface area contributed by atoms with E-state index in [9.17, 15) is 4.79 Å². The smallest absolute Gasteiger partial charge is 0.495 e. The molecule has 0 bridgehead atoms. The summed E-state index contributed by atoms with van der Waals surface area (Å²) in [6, 6.07) is 0. The van der Waals surface area contributed by atoms with Gasteiger partial charge in [-0.05, 0) is 49.0 Å². The summed E-state index contributed by atoms with van der Waals surface area (Å²) in [5.74, 6) is 0. The van der Waals surface area contributed by atoms with Crippen LogP contribution in [0.5, 0.6) is 0 Å². The fourth-order valence-electron chi connectivity index (χ4n) is 2.93. The minimum atomic E-state index is -0.814. The molecule has 21 heavy (non-hydrogen) atoms. The molecular weight excluding hydrogens is 273 g/mol. The molecule has 0 unspecified atom stereocenters. The number of nitrogens with two attached hydrogens (primary N) is 1. The Kier molecular flexibility index (Phi) is 3.34. The fourth-order valence-corrected chi connectivity index (χ4v) is 2.93. The molecule has 3 aliphatic rings. The lowest BCUT2D eigenvalue weighted by atomic mass is 9.68. The van der Waals surface area contributed by atoms with Crippen molar-refractivity contribution in [2.75, 3.05) is 13.2 Å². The third kappa shape index (κ3) is 2.36. The summed E-state index contributed by atoms with van der Waals surface area (Å²) in [5, 5.41) is 0. The van der Waals surface area contributed by atoms with Gasteiger partial charge in [-0.25, -0.2) is 4.79 Å². The second-order valence-corrected chi connectivity index (χ2v) is 5.82. The first-order chi connectivity index (χ1) is 9.90. The quantitative estimate of drug-likeness (QED) is 0.779. The van der Waals surface area contributed by atoms with Gasteiger partial charge in [-0.2, -0.15) is 0 Å². The Bertz CT molecular complexity index is 578. The maximum atomic E-state index is 10.8. The molecule has 3 rings (SSSR count). The van der Waals surface area contributed by atoms with Crippen molar-refractivity contribution in [1.82, 2.24) is 0 Å². The van der Waals surface area contributed by atoms with Gasteiger partial charge in [0.05, 0.1) is 18.0 Å². The topological polar surface area (TPSA) is 80.0 Å². The highest BCUT2D eigenvalue weighted by molar-refractivity contribution is 6.57. The molecule has 1 amide bonds. The number of hydrogen-bond donors (Lipinski definition) is 1. The fraction of sp³-hybridized carbons (Fsp3) is 0.500. The maximum Gasteiger partial charge on any atom is 0.495 e. The Hall–Kier alpha value is -1.73. The molecule has 0 spiro atoms. The van der Waals surface area contributed by atoms with Crippen LogP contribution in [-0.4, -0.2) is 38.1 Å². The lowest BCUT2D eigenvalue weighted by molar-refractivity contribution is 0.0592. The molecule has 0 aromatic heterocycles. The second kappa shape index (κ2) is 4.93. The van der Waals surface area contributed by atoms with Gasteiger partial charge in [-0.15, -0.1) is 0 Å². The van der Waals surface area contributed by atoms with Crippen LogP contribution in [0.1, 0.15) is 20.8 Å². The van der Waals surface area contributed by atoms with Crippen molar-refractivity contribution in [2.45, 2.75) is 32.5 Å². The first kappa shape index (κ1) is 14.2. The summed E-state index contributed by atoms with van der Waals surface area (Å²) in [6.07, 6.45) is 2.40. The molecule has 0 aromatic rings. The molecule has 0 saturated carbocycles. The van der Waals surface area contributed by atoms with Crippen LogP contribution in [0.15, 0.2) is 34.5 Å². The first-order valence-corrected chi connectivity index (χ1v) is 6.88. The van der Waals surface area contributed by atoms with E-state index in [0.29, 0.717) is 6.61 Å². The van der Waals surface area contributed by atoms with Crippen molar-refractivity contribution < 1.29 is 23.6 Å². The Morgan fingerprint density at radius 3 is 3.05 bits per heavy atom. The molecule has 112 valence electrons. The van der Waals surface area contributed by atoms with Crippen molar-refractivity contribution >= 4 is 13.2 Å². The summed E-state index contributed by atoms with van der Waals surface area (Å²) in [5.41, 5.74) is 8.69. The zero-order chi connectivity index (χ0) is 15.2. The van der Waals surface area contributed by atoms with E-state index in [1.54, 1.807) is 6.26 Å². The highest BCUT2D eigenvalue weighted by Gasteiger charge is 2.50. The van der Waals surface area contributed by atoms with Crippen molar-refractivity contribution in [3.05, 3.63) is 34.5 Å². The SMILES string of the molecule is CC1=C2C=COCC3=C2B(O[C@@H]1COC(N)=O)OC3(C)C. The van der Waals surface area contributed by atoms with E-state index in [-0.39, 0.29) is 12.7 Å². The number of hydrogen-bond acceptors (Lipinski definition) is 5. The van der Waals surface area contributed by atoms with Crippen molar-refractivity contribution in [2.24, 2.45) is 5.73 Å².